The number of aromatic nitrogens is 2. The highest BCUT2D eigenvalue weighted by molar-refractivity contribution is 7.19. The highest BCUT2D eigenvalue weighted by Crippen LogP contribution is 2.32. The quantitative estimate of drug-likeness (QED) is 0.593. The highest BCUT2D eigenvalue weighted by Gasteiger charge is 2.30. The first-order valence-corrected chi connectivity index (χ1v) is 12.6. The maximum atomic E-state index is 12.7. The van der Waals surface area contributed by atoms with E-state index in [1.165, 1.54) is 11.3 Å². The Labute approximate surface area is 188 Å². The van der Waals surface area contributed by atoms with Gasteiger partial charge in [0, 0.05) is 58.8 Å². The molecule has 2 amide bonds. The zero-order valence-corrected chi connectivity index (χ0v) is 19.4. The zero-order valence-electron chi connectivity index (χ0n) is 18.6. The number of nitrogens with zero attached hydrogens (tertiary/aromatic N) is 6. The molecule has 4 rings (SSSR count). The summed E-state index contributed by atoms with van der Waals surface area (Å²) in [5, 5.41) is 13.2. The van der Waals surface area contributed by atoms with Crippen LogP contribution in [0.4, 0.5) is 10.3 Å². The van der Waals surface area contributed by atoms with Crippen molar-refractivity contribution in [1.82, 2.24) is 25.3 Å². The molecular weight excluding hydrogens is 414 g/mol. The lowest BCUT2D eigenvalue weighted by Gasteiger charge is -2.34. The van der Waals surface area contributed by atoms with E-state index in [1.54, 1.807) is 4.90 Å². The van der Waals surface area contributed by atoms with E-state index in [4.69, 9.17) is 0 Å². The molecule has 1 aromatic rings. The van der Waals surface area contributed by atoms with Crippen molar-refractivity contribution in [2.24, 2.45) is 5.92 Å². The molecule has 1 aromatic heterocycles. The van der Waals surface area contributed by atoms with Crippen LogP contribution >= 0.6 is 11.3 Å². The molecule has 0 radical (unpaired) electrons. The Morgan fingerprint density at radius 3 is 2.58 bits per heavy atom. The average Bonchev–Trinajstić information content (AvgIpc) is 3.46. The van der Waals surface area contributed by atoms with Gasteiger partial charge in [0.15, 0.2) is 0 Å². The molecule has 0 bridgehead atoms. The Morgan fingerprint density at radius 1 is 1.06 bits per heavy atom. The van der Waals surface area contributed by atoms with Gasteiger partial charge >= 0.3 is 0 Å². The van der Waals surface area contributed by atoms with Gasteiger partial charge in [-0.3, -0.25) is 14.5 Å². The molecular formula is C21H35N7O2S. The first-order chi connectivity index (χ1) is 15.1. The first-order valence-electron chi connectivity index (χ1n) is 11.7. The van der Waals surface area contributed by atoms with Gasteiger partial charge in [0.2, 0.25) is 22.1 Å². The summed E-state index contributed by atoms with van der Waals surface area (Å²) in [7, 11) is 0. The van der Waals surface area contributed by atoms with Gasteiger partial charge < -0.3 is 20.0 Å². The van der Waals surface area contributed by atoms with E-state index >= 15 is 0 Å². The summed E-state index contributed by atoms with van der Waals surface area (Å²) in [4.78, 5) is 33.5. The number of likely N-dealkylation sites (N-methyl/N-ethyl adjacent to an activating group) is 1. The number of nitrogens with one attached hydrogen (secondary N) is 1. The van der Waals surface area contributed by atoms with E-state index in [0.29, 0.717) is 18.1 Å². The van der Waals surface area contributed by atoms with Crippen LogP contribution in [-0.4, -0.2) is 97.3 Å². The van der Waals surface area contributed by atoms with Gasteiger partial charge in [0.1, 0.15) is 0 Å². The Kier molecular flexibility index (Phi) is 7.73. The molecule has 1 atom stereocenters. The van der Waals surface area contributed by atoms with E-state index in [9.17, 15) is 9.59 Å². The number of piperidine rings is 1. The van der Waals surface area contributed by atoms with E-state index in [0.717, 1.165) is 89.7 Å². The van der Waals surface area contributed by atoms with Crippen LogP contribution in [0.5, 0.6) is 0 Å². The fraction of sp³-hybridized carbons (Fsp3) is 0.810. The van der Waals surface area contributed by atoms with Gasteiger partial charge in [-0.15, -0.1) is 10.2 Å². The molecule has 0 aromatic carbocycles. The molecule has 31 heavy (non-hydrogen) atoms. The lowest BCUT2D eigenvalue weighted by atomic mass is 9.97. The molecule has 9 nitrogen and oxygen atoms in total. The van der Waals surface area contributed by atoms with Crippen molar-refractivity contribution in [2.45, 2.75) is 39.0 Å². The Hall–Kier alpha value is -1.78. The number of anilines is 2. The molecule has 4 heterocycles. The highest BCUT2D eigenvalue weighted by atomic mass is 32.1. The fourth-order valence-electron chi connectivity index (χ4n) is 4.65. The first kappa shape index (κ1) is 22.4. The smallest absolute Gasteiger partial charge is 0.228 e. The van der Waals surface area contributed by atoms with Crippen LogP contribution in [0.3, 0.4) is 0 Å². The lowest BCUT2D eigenvalue weighted by Crippen LogP contribution is -2.47. The normalized spacial score (nSPS) is 23.5. The molecule has 3 fully saturated rings. The fourth-order valence-corrected chi connectivity index (χ4v) is 5.57. The number of amides is 2. The minimum atomic E-state index is -0.0115. The van der Waals surface area contributed by atoms with Crippen molar-refractivity contribution in [1.29, 1.82) is 0 Å². The SMILES string of the molecule is CCN1CCN(CCCNC(=O)[C@H]2CCCN(c3nnc(N4CCCC4=O)s3)C2)CC1. The minimum absolute atomic E-state index is 0.0115. The topological polar surface area (TPSA) is 84.9 Å². The van der Waals surface area contributed by atoms with Gasteiger partial charge in [-0.25, -0.2) is 0 Å². The van der Waals surface area contributed by atoms with Crippen LogP contribution in [-0.2, 0) is 9.59 Å². The average molecular weight is 450 g/mol. The second-order valence-corrected chi connectivity index (χ2v) is 9.66. The van der Waals surface area contributed by atoms with Crippen molar-refractivity contribution < 1.29 is 9.59 Å². The monoisotopic (exact) mass is 449 g/mol. The largest absolute Gasteiger partial charge is 0.356 e. The second kappa shape index (κ2) is 10.7. The number of carbonyl (C=O) groups is 2. The zero-order chi connectivity index (χ0) is 21.6. The van der Waals surface area contributed by atoms with Crippen LogP contribution in [0.2, 0.25) is 0 Å². The van der Waals surface area contributed by atoms with Crippen molar-refractivity contribution in [3.63, 3.8) is 0 Å². The lowest BCUT2D eigenvalue weighted by molar-refractivity contribution is -0.125. The molecule has 0 unspecified atom stereocenters. The molecule has 0 saturated carbocycles. The van der Waals surface area contributed by atoms with Crippen LogP contribution in [0.1, 0.15) is 39.0 Å². The van der Waals surface area contributed by atoms with Crippen LogP contribution < -0.4 is 15.1 Å². The van der Waals surface area contributed by atoms with E-state index < -0.39 is 0 Å². The minimum Gasteiger partial charge on any atom is -0.356 e. The molecule has 172 valence electrons. The van der Waals surface area contributed by atoms with Crippen molar-refractivity contribution >= 4 is 33.4 Å². The molecule has 3 saturated heterocycles. The summed E-state index contributed by atoms with van der Waals surface area (Å²) < 4.78 is 0. The molecule has 1 N–H and O–H groups in total. The third-order valence-corrected chi connectivity index (χ3v) is 7.64. The Bertz CT molecular complexity index is 750. The van der Waals surface area contributed by atoms with Crippen LogP contribution in [0.25, 0.3) is 0 Å². The molecule has 3 aliphatic heterocycles. The van der Waals surface area contributed by atoms with Gasteiger partial charge in [-0.2, -0.15) is 0 Å². The predicted molar refractivity (Wildman–Crippen MR) is 123 cm³/mol. The van der Waals surface area contributed by atoms with E-state index in [2.05, 4.69) is 37.1 Å². The number of hydrogen-bond donors (Lipinski definition) is 1. The van der Waals surface area contributed by atoms with E-state index in [-0.39, 0.29) is 17.7 Å². The third-order valence-electron chi connectivity index (χ3n) is 6.63. The van der Waals surface area contributed by atoms with Crippen molar-refractivity contribution in [3.8, 4) is 0 Å². The summed E-state index contributed by atoms with van der Waals surface area (Å²) in [6, 6.07) is 0. The number of carbonyl (C=O) groups excluding carboxylic acids is 2. The number of rotatable bonds is 8. The summed E-state index contributed by atoms with van der Waals surface area (Å²) >= 11 is 1.46. The maximum Gasteiger partial charge on any atom is 0.228 e. The summed E-state index contributed by atoms with van der Waals surface area (Å²) in [6.07, 6.45) is 4.36. The second-order valence-electron chi connectivity index (χ2n) is 8.72. The molecule has 0 aliphatic carbocycles. The Balaban J connectivity index is 1.19. The van der Waals surface area contributed by atoms with Gasteiger partial charge in [-0.1, -0.05) is 18.3 Å². The van der Waals surface area contributed by atoms with E-state index in [1.807, 2.05) is 0 Å². The maximum absolute atomic E-state index is 12.7. The predicted octanol–water partition coefficient (Wildman–Crippen LogP) is 1.03. The van der Waals surface area contributed by atoms with Crippen LogP contribution in [0, 0.1) is 5.92 Å². The summed E-state index contributed by atoms with van der Waals surface area (Å²) in [6.45, 7) is 12.0. The molecule has 0 spiro atoms. The van der Waals surface area contributed by atoms with Gasteiger partial charge in [-0.05, 0) is 38.8 Å². The standard InChI is InChI=1S/C21H35N7O2S/c1-2-25-12-14-26(15-13-25)9-5-8-22-19(30)17-6-3-10-27(16-17)20-23-24-21(31-20)28-11-4-7-18(28)29/h17H,2-16H2,1H3,(H,22,30)/t17-/m0/s1. The van der Waals surface area contributed by atoms with Crippen molar-refractivity contribution in [3.05, 3.63) is 0 Å². The molecule has 10 heteroatoms. The van der Waals surface area contributed by atoms with Crippen molar-refractivity contribution in [2.75, 3.05) is 75.2 Å². The van der Waals surface area contributed by atoms with Crippen LogP contribution in [0.15, 0.2) is 0 Å². The Morgan fingerprint density at radius 2 is 1.84 bits per heavy atom. The summed E-state index contributed by atoms with van der Waals surface area (Å²) in [5.74, 6) is 0.272. The summed E-state index contributed by atoms with van der Waals surface area (Å²) in [5.41, 5.74) is 0. The number of piperazine rings is 1. The molecule has 3 aliphatic rings. The number of hydrogen-bond acceptors (Lipinski definition) is 8. The van der Waals surface area contributed by atoms with Gasteiger partial charge in [0.05, 0.1) is 5.92 Å². The third kappa shape index (κ3) is 5.72. The van der Waals surface area contributed by atoms with Gasteiger partial charge in [0.25, 0.3) is 0 Å².